The molecular weight excluding hydrogens is 357 g/mol. The largest absolute Gasteiger partial charge is 0.493 e. The molecule has 2 heterocycles. The van der Waals surface area contributed by atoms with Gasteiger partial charge in [-0.25, -0.2) is 9.18 Å². The van der Waals surface area contributed by atoms with Crippen molar-refractivity contribution in [2.75, 3.05) is 6.61 Å². The number of ether oxygens (including phenoxy) is 1. The highest BCUT2D eigenvalue weighted by molar-refractivity contribution is 5.89. The number of nitrogens with zero attached hydrogens (tertiary/aromatic N) is 1. The van der Waals surface area contributed by atoms with Crippen LogP contribution in [0, 0.1) is 5.82 Å². The van der Waals surface area contributed by atoms with Gasteiger partial charge in [-0.2, -0.15) is 0 Å². The molecule has 0 bridgehead atoms. The molecule has 142 valence electrons. The Bertz CT molecular complexity index is 1000. The molecular formula is C23H20FNO3. The molecule has 5 heteroatoms. The number of rotatable bonds is 5. The van der Waals surface area contributed by atoms with Gasteiger partial charge in [0.1, 0.15) is 11.6 Å². The summed E-state index contributed by atoms with van der Waals surface area (Å²) < 4.78 is 19.0. The molecule has 0 aliphatic carbocycles. The molecule has 4 nitrogen and oxygen atoms in total. The summed E-state index contributed by atoms with van der Waals surface area (Å²) in [4.78, 5) is 15.5. The van der Waals surface area contributed by atoms with Crippen LogP contribution >= 0.6 is 0 Å². The van der Waals surface area contributed by atoms with Crippen LogP contribution in [0.5, 0.6) is 5.75 Å². The lowest BCUT2D eigenvalue weighted by Crippen LogP contribution is -2.15. The molecule has 0 radical (unpaired) electrons. The summed E-state index contributed by atoms with van der Waals surface area (Å²) in [5.74, 6) is -0.0292. The second-order valence-corrected chi connectivity index (χ2v) is 6.97. The van der Waals surface area contributed by atoms with Crippen LogP contribution in [0.1, 0.15) is 40.2 Å². The first-order valence-electron chi connectivity index (χ1n) is 9.30. The smallest absolute Gasteiger partial charge is 0.336 e. The van der Waals surface area contributed by atoms with Crippen LogP contribution < -0.4 is 4.74 Å². The first-order valence-corrected chi connectivity index (χ1v) is 9.30. The maximum atomic E-state index is 13.2. The molecule has 1 N–H and O–H groups in total. The quantitative estimate of drug-likeness (QED) is 0.673. The number of aryl methyl sites for hydroxylation is 1. The Morgan fingerprint density at radius 1 is 1.14 bits per heavy atom. The molecule has 0 amide bonds. The Labute approximate surface area is 162 Å². The maximum absolute atomic E-state index is 13.2. The Kier molecular flexibility index (Phi) is 5.06. The fourth-order valence-electron chi connectivity index (χ4n) is 3.75. The molecule has 1 atom stereocenters. The van der Waals surface area contributed by atoms with Crippen molar-refractivity contribution in [2.45, 2.75) is 25.2 Å². The average molecular weight is 377 g/mol. The monoisotopic (exact) mass is 377 g/mol. The summed E-state index contributed by atoms with van der Waals surface area (Å²) in [6.45, 7) is 0.628. The van der Waals surface area contributed by atoms with E-state index in [0.29, 0.717) is 24.5 Å². The molecule has 1 aliphatic rings. The second-order valence-electron chi connectivity index (χ2n) is 6.97. The van der Waals surface area contributed by atoms with Crippen molar-refractivity contribution in [1.29, 1.82) is 0 Å². The molecule has 1 aliphatic heterocycles. The van der Waals surface area contributed by atoms with E-state index < -0.39 is 5.97 Å². The maximum Gasteiger partial charge on any atom is 0.336 e. The van der Waals surface area contributed by atoms with E-state index in [4.69, 9.17) is 4.74 Å². The van der Waals surface area contributed by atoms with Crippen LogP contribution in [0.4, 0.5) is 4.39 Å². The van der Waals surface area contributed by atoms with Gasteiger partial charge < -0.3 is 9.84 Å². The number of hydrogen-bond acceptors (Lipinski definition) is 3. The van der Waals surface area contributed by atoms with Crippen molar-refractivity contribution >= 4 is 5.97 Å². The molecule has 4 rings (SSSR count). The minimum Gasteiger partial charge on any atom is -0.493 e. The lowest BCUT2D eigenvalue weighted by atomic mass is 9.86. The Balaban J connectivity index is 1.54. The number of aromatic carboxylic acids is 1. The van der Waals surface area contributed by atoms with E-state index in [1.54, 1.807) is 24.4 Å². The minimum absolute atomic E-state index is 0.255. The third-order valence-electron chi connectivity index (χ3n) is 5.25. The van der Waals surface area contributed by atoms with Gasteiger partial charge in [0.2, 0.25) is 0 Å². The molecule has 28 heavy (non-hydrogen) atoms. The lowest BCUT2D eigenvalue weighted by molar-refractivity contribution is 0.0695. The van der Waals surface area contributed by atoms with Crippen LogP contribution in [0.25, 0.3) is 11.1 Å². The van der Waals surface area contributed by atoms with Crippen LogP contribution in [-0.4, -0.2) is 22.7 Å². The van der Waals surface area contributed by atoms with E-state index in [-0.39, 0.29) is 5.82 Å². The zero-order valence-corrected chi connectivity index (χ0v) is 15.3. The topological polar surface area (TPSA) is 59.4 Å². The summed E-state index contributed by atoms with van der Waals surface area (Å²) in [6.07, 6.45) is 5.53. The summed E-state index contributed by atoms with van der Waals surface area (Å²) in [7, 11) is 0. The van der Waals surface area contributed by atoms with Crippen molar-refractivity contribution in [1.82, 2.24) is 4.98 Å². The molecule has 2 aromatic carbocycles. The number of fused-ring (bicyclic) bond motifs is 1. The van der Waals surface area contributed by atoms with Crippen LogP contribution in [-0.2, 0) is 6.42 Å². The van der Waals surface area contributed by atoms with E-state index in [1.807, 2.05) is 12.1 Å². The fourth-order valence-corrected chi connectivity index (χ4v) is 3.75. The predicted octanol–water partition coefficient (Wildman–Crippen LogP) is 5.08. The zero-order chi connectivity index (χ0) is 19.5. The summed E-state index contributed by atoms with van der Waals surface area (Å²) >= 11 is 0. The molecule has 0 saturated heterocycles. The fraction of sp³-hybridized carbons (Fsp3) is 0.217. The molecule has 0 fully saturated rings. The summed E-state index contributed by atoms with van der Waals surface area (Å²) in [5, 5.41) is 9.35. The van der Waals surface area contributed by atoms with Gasteiger partial charge in [-0.15, -0.1) is 0 Å². The average Bonchev–Trinajstić information content (AvgIpc) is 2.72. The normalized spacial score (nSPS) is 15.5. The van der Waals surface area contributed by atoms with E-state index in [2.05, 4.69) is 11.1 Å². The third-order valence-corrected chi connectivity index (χ3v) is 5.25. The van der Waals surface area contributed by atoms with Gasteiger partial charge in [-0.05, 0) is 71.7 Å². The third kappa shape index (κ3) is 3.74. The second kappa shape index (κ2) is 7.80. The number of aromatic nitrogens is 1. The molecule has 3 aromatic rings. The number of carboxylic acids is 1. The van der Waals surface area contributed by atoms with E-state index in [0.717, 1.165) is 40.8 Å². The molecule has 0 unspecified atom stereocenters. The van der Waals surface area contributed by atoms with Gasteiger partial charge >= 0.3 is 5.97 Å². The number of pyridine rings is 1. The van der Waals surface area contributed by atoms with Gasteiger partial charge in [0.15, 0.2) is 0 Å². The van der Waals surface area contributed by atoms with E-state index >= 15 is 0 Å². The summed E-state index contributed by atoms with van der Waals surface area (Å²) in [5.41, 5.74) is 4.13. The minimum atomic E-state index is -0.922. The summed E-state index contributed by atoms with van der Waals surface area (Å²) in [6, 6.07) is 14.1. The Morgan fingerprint density at radius 2 is 1.93 bits per heavy atom. The first kappa shape index (κ1) is 18.2. The highest BCUT2D eigenvalue weighted by atomic mass is 19.1. The Hall–Kier alpha value is -3.21. The zero-order valence-electron chi connectivity index (χ0n) is 15.3. The number of halogens is 1. The number of benzene rings is 2. The van der Waals surface area contributed by atoms with E-state index in [9.17, 15) is 14.3 Å². The van der Waals surface area contributed by atoms with Crippen LogP contribution in [0.2, 0.25) is 0 Å². The highest BCUT2D eigenvalue weighted by Crippen LogP contribution is 2.39. The van der Waals surface area contributed by atoms with Crippen molar-refractivity contribution in [3.8, 4) is 16.9 Å². The van der Waals surface area contributed by atoms with Crippen molar-refractivity contribution in [2.24, 2.45) is 0 Å². The van der Waals surface area contributed by atoms with Crippen molar-refractivity contribution in [3.05, 3.63) is 83.4 Å². The molecule has 1 aromatic heterocycles. The van der Waals surface area contributed by atoms with Gasteiger partial charge in [-0.1, -0.05) is 24.3 Å². The van der Waals surface area contributed by atoms with Gasteiger partial charge in [0, 0.05) is 12.4 Å². The number of carbonyl (C=O) groups is 1. The van der Waals surface area contributed by atoms with Crippen LogP contribution in [0.15, 0.2) is 60.9 Å². The predicted molar refractivity (Wildman–Crippen MR) is 104 cm³/mol. The number of hydrogen-bond donors (Lipinski definition) is 1. The number of carboxylic acid groups (broad SMARTS) is 1. The first-order chi connectivity index (χ1) is 13.6. The Morgan fingerprint density at radius 3 is 2.71 bits per heavy atom. The van der Waals surface area contributed by atoms with Crippen molar-refractivity contribution < 1.29 is 19.0 Å². The van der Waals surface area contributed by atoms with Gasteiger partial charge in [-0.3, -0.25) is 4.98 Å². The standard InChI is InChI=1S/C23H20FNO3/c24-19-6-3-15(4-7-19)17-5-8-20-16(10-12-28-22(20)13-17)1-2-18-14-25-11-9-21(18)23(26)27/h3-9,11,13-14,16H,1-2,10,12H2,(H,26,27)/t16-/m1/s1. The molecule has 0 spiro atoms. The lowest BCUT2D eigenvalue weighted by Gasteiger charge is -2.26. The highest BCUT2D eigenvalue weighted by Gasteiger charge is 2.22. The SMILES string of the molecule is O=C(O)c1ccncc1CC[C@@H]1CCOc2cc(-c3ccc(F)cc3)ccc21. The van der Waals surface area contributed by atoms with Gasteiger partial charge in [0.05, 0.1) is 12.2 Å². The molecule has 0 saturated carbocycles. The van der Waals surface area contributed by atoms with E-state index in [1.165, 1.54) is 18.3 Å². The van der Waals surface area contributed by atoms with Crippen molar-refractivity contribution in [3.63, 3.8) is 0 Å². The van der Waals surface area contributed by atoms with Crippen LogP contribution in [0.3, 0.4) is 0 Å². The van der Waals surface area contributed by atoms with Gasteiger partial charge in [0.25, 0.3) is 0 Å².